The van der Waals surface area contributed by atoms with Crippen LogP contribution in [-0.4, -0.2) is 146 Å². The van der Waals surface area contributed by atoms with Crippen LogP contribution < -0.4 is 30.9 Å². The third kappa shape index (κ3) is 11.5. The van der Waals surface area contributed by atoms with Gasteiger partial charge in [-0.05, 0) is 85.7 Å². The second kappa shape index (κ2) is 22.5. The van der Waals surface area contributed by atoms with Crippen molar-refractivity contribution in [1.82, 2.24) is 25.3 Å². The van der Waals surface area contributed by atoms with E-state index in [0.717, 1.165) is 79.8 Å². The summed E-state index contributed by atoms with van der Waals surface area (Å²) < 4.78 is 11.5. The Kier molecular flexibility index (Phi) is 16.3. The maximum atomic E-state index is 13.9. The number of hydrogen-bond donors (Lipinski definition) is 3. The van der Waals surface area contributed by atoms with Gasteiger partial charge >= 0.3 is 6.09 Å². The number of rotatable bonds is 16. The van der Waals surface area contributed by atoms with E-state index in [9.17, 15) is 38.8 Å². The number of imide groups is 2. The van der Waals surface area contributed by atoms with E-state index in [2.05, 4.69) is 64.1 Å². The van der Waals surface area contributed by atoms with Gasteiger partial charge in [0.05, 0.1) is 27.8 Å². The van der Waals surface area contributed by atoms with Crippen molar-refractivity contribution >= 4 is 70.7 Å². The fraction of sp³-hybridized carbons (Fsp3) is 0.509. The number of piperidine rings is 2. The predicted molar refractivity (Wildman–Crippen MR) is 281 cm³/mol. The minimum absolute atomic E-state index is 0.0100. The zero-order chi connectivity index (χ0) is 53.9. The lowest BCUT2D eigenvalue weighted by Crippen LogP contribution is -2.66. The molecule has 4 aliphatic heterocycles. The first-order valence-electron chi connectivity index (χ1n) is 25.8. The summed E-state index contributed by atoms with van der Waals surface area (Å²) in [6.07, 6.45) is 2.55. The molecule has 1 unspecified atom stereocenters. The molecular formula is C55H67ClN10O9. The maximum absolute atomic E-state index is 13.9. The Hall–Kier alpha value is -6.88. The topological polar surface area (TPSA) is 240 Å². The molecule has 2 atom stereocenters. The van der Waals surface area contributed by atoms with E-state index in [1.54, 1.807) is 36.5 Å². The second-order valence-electron chi connectivity index (χ2n) is 21.7. The van der Waals surface area contributed by atoms with E-state index in [4.69, 9.17) is 26.8 Å². The highest BCUT2D eigenvalue weighted by Crippen LogP contribution is 2.59. The van der Waals surface area contributed by atoms with Crippen LogP contribution in [0.2, 0.25) is 5.02 Å². The summed E-state index contributed by atoms with van der Waals surface area (Å²) in [6.45, 7) is 17.3. The average Bonchev–Trinajstić information content (AvgIpc) is 3.66. The Bertz CT molecular complexity index is 2760. The summed E-state index contributed by atoms with van der Waals surface area (Å²) >= 11 is 6.26. The first-order valence-corrected chi connectivity index (χ1v) is 26.1. The number of nitrogens with one attached hydrogen (secondary N) is 2. The normalized spacial score (nSPS) is 22.2. The van der Waals surface area contributed by atoms with E-state index in [0.29, 0.717) is 27.8 Å². The minimum atomic E-state index is -1.25. The number of piperazine rings is 1. The van der Waals surface area contributed by atoms with Crippen LogP contribution in [0.15, 0.2) is 65.7 Å². The third-order valence-electron chi connectivity index (χ3n) is 15.7. The van der Waals surface area contributed by atoms with E-state index >= 15 is 0 Å². The number of carbonyl (C=O) groups is 7. The Balaban J connectivity index is 0.762. The summed E-state index contributed by atoms with van der Waals surface area (Å²) in [5.41, 5.74) is 8.37. The average molecular weight is 1050 g/mol. The van der Waals surface area contributed by atoms with Crippen LogP contribution in [0.1, 0.15) is 104 Å². The molecule has 1 saturated carbocycles. The Morgan fingerprint density at radius 2 is 1.48 bits per heavy atom. The fourth-order valence-electron chi connectivity index (χ4n) is 11.5. The summed E-state index contributed by atoms with van der Waals surface area (Å²) in [5, 5.41) is 14.6. The summed E-state index contributed by atoms with van der Waals surface area (Å²) in [7, 11) is 0. The van der Waals surface area contributed by atoms with Crippen molar-refractivity contribution in [2.45, 2.75) is 85.4 Å². The molecule has 4 heterocycles. The van der Waals surface area contributed by atoms with Gasteiger partial charge in [0.15, 0.2) is 6.73 Å². The highest BCUT2D eigenvalue weighted by atomic mass is 35.5. The summed E-state index contributed by atoms with van der Waals surface area (Å²) in [4.78, 5) is 105. The number of aliphatic imine (C=N–C) groups is 1. The molecule has 19 nitrogen and oxygen atoms in total. The van der Waals surface area contributed by atoms with E-state index in [-0.39, 0.29) is 77.6 Å². The summed E-state index contributed by atoms with van der Waals surface area (Å²) in [5.74, 6) is -2.27. The standard InChI is InChI=1S/C55H67ClN10O9/c1-33(2)46(58)48(69)59-19-20-60-53(73)74-32-65-45(67)16-15-43(51(65)72)66-49(70)40-14-12-38(27-41(40)50(66)71)64-25-23-62(24-26-64)31-34-17-21-63(22-18-34)37-10-7-35(8-11-37)47(68)61-30-44-54(3,4)52(55(44,5)6)75-39-13-9-36(29-57)42(56)28-39/h7-14,27-28,30,33-34,43-44,46,52H,15-26,31-32,58H2,1-6H3,(H,59,69)(H,60,73)/t43?,44?,46-,52?/m0/s1. The maximum Gasteiger partial charge on any atom is 0.408 e. The highest BCUT2D eigenvalue weighted by molar-refractivity contribution is 6.31. The number of amides is 7. The lowest BCUT2D eigenvalue weighted by Gasteiger charge is -2.62. The number of likely N-dealkylation sites (tertiary alicyclic amines) is 1. The number of hydrogen-bond acceptors (Lipinski definition) is 14. The SMILES string of the molecule is CC(C)[C@H](N)C(=O)NCCNC(=O)OCN1C(=O)CCC(N2C(=O)c3ccc(N4CCN(CC5CCN(c6ccc(C(=O)N=CC7C(C)(C)C(Oc8ccc(C#N)c(Cl)c8)C7(C)C)cc6)CC5)CC4)cc3C2=O)C1=O. The fourth-order valence-corrected chi connectivity index (χ4v) is 11.7. The predicted octanol–water partition coefficient (Wildman–Crippen LogP) is 5.49. The number of nitriles is 1. The van der Waals surface area contributed by atoms with Crippen molar-refractivity contribution in [2.24, 2.45) is 39.3 Å². The molecule has 398 valence electrons. The van der Waals surface area contributed by atoms with Crippen LogP contribution in [0.25, 0.3) is 0 Å². The number of carbonyl (C=O) groups excluding carboxylic acids is 7. The second-order valence-corrected chi connectivity index (χ2v) is 22.1. The molecule has 8 rings (SSSR count). The van der Waals surface area contributed by atoms with Crippen LogP contribution in [-0.2, 0) is 19.1 Å². The smallest absolute Gasteiger partial charge is 0.408 e. The number of ether oxygens (including phenoxy) is 2. The van der Waals surface area contributed by atoms with Crippen molar-refractivity contribution in [3.63, 3.8) is 0 Å². The zero-order valence-corrected chi connectivity index (χ0v) is 44.2. The molecule has 3 saturated heterocycles. The first kappa shape index (κ1) is 54.4. The van der Waals surface area contributed by atoms with Crippen LogP contribution in [0, 0.1) is 39.9 Å². The monoisotopic (exact) mass is 1050 g/mol. The van der Waals surface area contributed by atoms with Crippen molar-refractivity contribution < 1.29 is 43.0 Å². The Morgan fingerprint density at radius 3 is 2.13 bits per heavy atom. The molecule has 20 heteroatoms. The number of alkyl carbamates (subject to hydrolysis) is 1. The molecule has 7 amide bonds. The first-order chi connectivity index (χ1) is 35.7. The highest BCUT2D eigenvalue weighted by Gasteiger charge is 2.63. The molecule has 4 fully saturated rings. The third-order valence-corrected chi connectivity index (χ3v) is 16.0. The van der Waals surface area contributed by atoms with Gasteiger partial charge in [0.1, 0.15) is 24.0 Å². The van der Waals surface area contributed by atoms with Gasteiger partial charge in [0.25, 0.3) is 23.6 Å². The molecule has 3 aromatic carbocycles. The van der Waals surface area contributed by atoms with Crippen LogP contribution in [0.4, 0.5) is 16.2 Å². The number of halogens is 1. The molecule has 3 aromatic rings. The molecule has 4 N–H and O–H groups in total. The van der Waals surface area contributed by atoms with E-state index < -0.39 is 48.5 Å². The molecule has 0 aromatic heterocycles. The lowest BCUT2D eigenvalue weighted by atomic mass is 9.46. The molecular weight excluding hydrogens is 980 g/mol. The van der Waals surface area contributed by atoms with Crippen molar-refractivity contribution in [1.29, 1.82) is 5.26 Å². The zero-order valence-electron chi connectivity index (χ0n) is 43.5. The lowest BCUT2D eigenvalue weighted by molar-refractivity contribution is -0.166. The van der Waals surface area contributed by atoms with Crippen LogP contribution >= 0.6 is 11.6 Å². The molecule has 0 spiro atoms. The van der Waals surface area contributed by atoms with Gasteiger partial charge in [0.2, 0.25) is 11.8 Å². The molecule has 0 bridgehead atoms. The Labute approximate surface area is 442 Å². The number of anilines is 2. The van der Waals surface area contributed by atoms with E-state index in [1.807, 2.05) is 44.2 Å². The number of benzene rings is 3. The molecule has 75 heavy (non-hydrogen) atoms. The molecule has 0 radical (unpaired) electrons. The summed E-state index contributed by atoms with van der Waals surface area (Å²) in [6, 6.07) is 18.0. The van der Waals surface area contributed by atoms with Gasteiger partial charge < -0.3 is 35.6 Å². The van der Waals surface area contributed by atoms with Gasteiger partial charge in [-0.3, -0.25) is 38.6 Å². The van der Waals surface area contributed by atoms with Crippen LogP contribution in [0.3, 0.4) is 0 Å². The van der Waals surface area contributed by atoms with Gasteiger partial charge in [-0.1, -0.05) is 53.1 Å². The van der Waals surface area contributed by atoms with Crippen molar-refractivity contribution in [2.75, 3.05) is 75.4 Å². The Morgan fingerprint density at radius 1 is 0.840 bits per heavy atom. The van der Waals surface area contributed by atoms with E-state index in [1.165, 1.54) is 0 Å². The quantitative estimate of drug-likeness (QED) is 0.0914. The number of fused-ring (bicyclic) bond motifs is 1. The van der Waals surface area contributed by atoms with Gasteiger partial charge in [0, 0.05) is 111 Å². The van der Waals surface area contributed by atoms with Crippen molar-refractivity contribution in [3.8, 4) is 11.8 Å². The largest absolute Gasteiger partial charge is 0.489 e. The number of nitrogens with two attached hydrogens (primary N) is 1. The van der Waals surface area contributed by atoms with Gasteiger partial charge in [-0.25, -0.2) is 14.7 Å². The van der Waals surface area contributed by atoms with Crippen LogP contribution in [0.5, 0.6) is 5.75 Å². The molecule has 5 aliphatic rings. The number of nitrogens with zero attached hydrogens (tertiary/aromatic N) is 7. The minimum Gasteiger partial charge on any atom is -0.489 e. The molecule has 1 aliphatic carbocycles. The van der Waals surface area contributed by atoms with Gasteiger partial charge in [-0.2, -0.15) is 5.26 Å². The van der Waals surface area contributed by atoms with Crippen molar-refractivity contribution in [3.05, 3.63) is 87.9 Å². The van der Waals surface area contributed by atoms with Gasteiger partial charge in [-0.15, -0.1) is 0 Å².